The van der Waals surface area contributed by atoms with Crippen LogP contribution in [0.25, 0.3) is 0 Å². The molecule has 38 heavy (non-hydrogen) atoms. The van der Waals surface area contributed by atoms with E-state index in [2.05, 4.69) is 128 Å². The van der Waals surface area contributed by atoms with Crippen molar-refractivity contribution in [3.8, 4) is 0 Å². The molecule has 2 heterocycles. The molecule has 2 aromatic rings. The van der Waals surface area contributed by atoms with Gasteiger partial charge in [-0.05, 0) is 70.9 Å². The molecule has 0 amide bonds. The van der Waals surface area contributed by atoms with Crippen molar-refractivity contribution < 1.29 is 0 Å². The number of aliphatic imine (C=N–C) groups is 2. The number of nitrogens with zero attached hydrogens (tertiary/aromatic N) is 4. The predicted octanol–water partition coefficient (Wildman–Crippen LogP) is 8.25. The topological polar surface area (TPSA) is 31.2 Å². The average molecular weight is 515 g/mol. The molecule has 2 atom stereocenters. The first-order valence-corrected chi connectivity index (χ1v) is 14.6. The van der Waals surface area contributed by atoms with Gasteiger partial charge < -0.3 is 9.80 Å². The van der Waals surface area contributed by atoms with Crippen LogP contribution in [0.4, 0.5) is 11.4 Å². The van der Waals surface area contributed by atoms with Gasteiger partial charge in [0.15, 0.2) is 11.7 Å². The predicted molar refractivity (Wildman–Crippen MR) is 166 cm³/mol. The average Bonchev–Trinajstić information content (AvgIpc) is 3.41. The van der Waals surface area contributed by atoms with E-state index in [-0.39, 0.29) is 22.9 Å². The maximum atomic E-state index is 5.39. The lowest BCUT2D eigenvalue weighted by molar-refractivity contribution is 0.514. The molecule has 0 saturated heterocycles. The lowest BCUT2D eigenvalue weighted by atomic mass is 9.87. The van der Waals surface area contributed by atoms with Gasteiger partial charge >= 0.3 is 0 Å². The van der Waals surface area contributed by atoms with Crippen LogP contribution in [0.5, 0.6) is 0 Å². The van der Waals surface area contributed by atoms with Gasteiger partial charge in [0.25, 0.3) is 0 Å². The first-order chi connectivity index (χ1) is 17.7. The Labute approximate surface area is 232 Å². The lowest BCUT2D eigenvalue weighted by Gasteiger charge is -2.29. The lowest BCUT2D eigenvalue weighted by Crippen LogP contribution is -2.42. The maximum absolute atomic E-state index is 5.39. The summed E-state index contributed by atoms with van der Waals surface area (Å²) >= 11 is 0. The summed E-state index contributed by atoms with van der Waals surface area (Å²) in [4.78, 5) is 15.7. The minimum atomic E-state index is 0.0943. The molecular weight excluding hydrogens is 464 g/mol. The first kappa shape index (κ1) is 28.4. The normalized spacial score (nSPS) is 20.5. The van der Waals surface area contributed by atoms with Crippen LogP contribution in [0.2, 0.25) is 0 Å². The SMILES string of the molecule is CC(C)CC1CN(c2cccc(C(C)(C)C)c2)C(C2=NC(CC(C)C)CN2c2cccc(C(C)(C)C)c2)=N1. The zero-order valence-electron chi connectivity index (χ0n) is 25.5. The summed E-state index contributed by atoms with van der Waals surface area (Å²) in [5.74, 6) is 3.28. The molecule has 4 nitrogen and oxygen atoms in total. The number of hydrogen-bond acceptors (Lipinski definition) is 4. The van der Waals surface area contributed by atoms with Crippen molar-refractivity contribution in [2.45, 2.75) is 105 Å². The Bertz CT molecular complexity index is 1080. The third-order valence-corrected chi connectivity index (χ3v) is 7.64. The molecular formula is C34H50N4. The van der Waals surface area contributed by atoms with Crippen LogP contribution in [0.1, 0.15) is 93.2 Å². The van der Waals surface area contributed by atoms with Crippen LogP contribution < -0.4 is 9.80 Å². The summed E-state index contributed by atoms with van der Waals surface area (Å²) in [7, 11) is 0. The Morgan fingerprint density at radius 1 is 0.658 bits per heavy atom. The Hall–Kier alpha value is -2.62. The largest absolute Gasteiger partial charge is 0.321 e. The van der Waals surface area contributed by atoms with E-state index >= 15 is 0 Å². The van der Waals surface area contributed by atoms with Crippen LogP contribution in [-0.4, -0.2) is 36.8 Å². The molecule has 0 spiro atoms. The van der Waals surface area contributed by atoms with E-state index < -0.39 is 0 Å². The standard InChI is InChI=1S/C34H50N4/c1-23(2)17-27-21-37(29-15-11-13-25(19-29)33(5,6)7)31(35-27)32-36-28(18-24(3)4)22-38(32)30-16-12-14-26(20-30)34(8,9)10/h11-16,19-20,23-24,27-28H,17-18,21-22H2,1-10H3. The second kappa shape index (κ2) is 10.9. The van der Waals surface area contributed by atoms with Crippen LogP contribution in [0.3, 0.4) is 0 Å². The third-order valence-electron chi connectivity index (χ3n) is 7.64. The zero-order chi connectivity index (χ0) is 27.8. The van der Waals surface area contributed by atoms with E-state index in [1.807, 2.05) is 0 Å². The van der Waals surface area contributed by atoms with Crippen molar-refractivity contribution in [2.75, 3.05) is 22.9 Å². The van der Waals surface area contributed by atoms with Gasteiger partial charge in [-0.25, -0.2) is 0 Å². The number of hydrogen-bond donors (Lipinski definition) is 0. The summed E-state index contributed by atoms with van der Waals surface area (Å²) in [5.41, 5.74) is 5.33. The van der Waals surface area contributed by atoms with Gasteiger partial charge in [0.05, 0.1) is 12.1 Å². The minimum Gasteiger partial charge on any atom is -0.321 e. The van der Waals surface area contributed by atoms with Gasteiger partial charge in [-0.3, -0.25) is 9.98 Å². The van der Waals surface area contributed by atoms with Crippen molar-refractivity contribution in [1.82, 2.24) is 0 Å². The summed E-state index contributed by atoms with van der Waals surface area (Å²) < 4.78 is 0. The van der Waals surface area contributed by atoms with Gasteiger partial charge in [0, 0.05) is 24.5 Å². The molecule has 0 bridgehead atoms. The zero-order valence-corrected chi connectivity index (χ0v) is 25.5. The molecule has 0 fully saturated rings. The van der Waals surface area contributed by atoms with E-state index in [1.54, 1.807) is 0 Å². The number of benzene rings is 2. The van der Waals surface area contributed by atoms with E-state index in [0.29, 0.717) is 11.8 Å². The highest BCUT2D eigenvalue weighted by molar-refractivity contribution is 6.50. The first-order valence-electron chi connectivity index (χ1n) is 14.6. The van der Waals surface area contributed by atoms with E-state index in [9.17, 15) is 0 Å². The highest BCUT2D eigenvalue weighted by Crippen LogP contribution is 2.34. The van der Waals surface area contributed by atoms with Crippen molar-refractivity contribution in [1.29, 1.82) is 0 Å². The second-order valence-corrected chi connectivity index (χ2v) is 14.3. The summed E-state index contributed by atoms with van der Waals surface area (Å²) in [6.07, 6.45) is 2.17. The molecule has 4 rings (SSSR count). The monoisotopic (exact) mass is 514 g/mol. The van der Waals surface area contributed by atoms with Crippen molar-refractivity contribution in [3.63, 3.8) is 0 Å². The van der Waals surface area contributed by atoms with Crippen molar-refractivity contribution >= 4 is 23.0 Å². The fourth-order valence-corrected chi connectivity index (χ4v) is 5.60. The molecule has 2 unspecified atom stereocenters. The third kappa shape index (κ3) is 6.50. The number of rotatable bonds is 7. The van der Waals surface area contributed by atoms with Crippen molar-refractivity contribution in [3.05, 3.63) is 59.7 Å². The van der Waals surface area contributed by atoms with Gasteiger partial charge in [-0.1, -0.05) is 93.5 Å². The van der Waals surface area contributed by atoms with Crippen LogP contribution in [0, 0.1) is 11.8 Å². The van der Waals surface area contributed by atoms with E-state index in [1.165, 1.54) is 22.5 Å². The molecule has 2 aliphatic heterocycles. The van der Waals surface area contributed by atoms with Gasteiger partial charge in [0.2, 0.25) is 0 Å². The smallest absolute Gasteiger partial charge is 0.172 e. The summed E-state index contributed by atoms with van der Waals surface area (Å²) in [6, 6.07) is 18.7. The van der Waals surface area contributed by atoms with Gasteiger partial charge in [0.1, 0.15) is 0 Å². The fourth-order valence-electron chi connectivity index (χ4n) is 5.60. The summed E-state index contributed by atoms with van der Waals surface area (Å²) in [6.45, 7) is 24.7. The molecule has 0 saturated carbocycles. The molecule has 2 aromatic carbocycles. The minimum absolute atomic E-state index is 0.0943. The quantitative estimate of drug-likeness (QED) is 0.372. The summed E-state index contributed by atoms with van der Waals surface area (Å²) in [5, 5.41) is 0. The molecule has 0 aliphatic carbocycles. The fraction of sp³-hybridized carbons (Fsp3) is 0.588. The molecule has 0 aromatic heterocycles. The van der Waals surface area contributed by atoms with Crippen LogP contribution >= 0.6 is 0 Å². The van der Waals surface area contributed by atoms with Crippen LogP contribution in [0.15, 0.2) is 58.5 Å². The van der Waals surface area contributed by atoms with Crippen molar-refractivity contribution in [2.24, 2.45) is 21.8 Å². The number of amidine groups is 2. The highest BCUT2D eigenvalue weighted by Gasteiger charge is 2.37. The van der Waals surface area contributed by atoms with Crippen LogP contribution in [-0.2, 0) is 10.8 Å². The Morgan fingerprint density at radius 3 is 1.34 bits per heavy atom. The highest BCUT2D eigenvalue weighted by atomic mass is 15.4. The molecule has 2 aliphatic rings. The second-order valence-electron chi connectivity index (χ2n) is 14.3. The molecule has 0 N–H and O–H groups in total. The molecule has 0 radical (unpaired) electrons. The molecule has 206 valence electrons. The maximum Gasteiger partial charge on any atom is 0.172 e. The Kier molecular flexibility index (Phi) is 8.12. The van der Waals surface area contributed by atoms with Gasteiger partial charge in [-0.15, -0.1) is 0 Å². The van der Waals surface area contributed by atoms with E-state index in [4.69, 9.17) is 9.98 Å². The molecule has 4 heteroatoms. The Morgan fingerprint density at radius 2 is 1.03 bits per heavy atom. The number of anilines is 2. The van der Waals surface area contributed by atoms with Gasteiger partial charge in [-0.2, -0.15) is 0 Å². The Balaban J connectivity index is 1.79. The van der Waals surface area contributed by atoms with E-state index in [0.717, 1.165) is 37.6 Å².